The average molecular weight is 231 g/mol. The van der Waals surface area contributed by atoms with Gasteiger partial charge in [0.2, 0.25) is 0 Å². The minimum atomic E-state index is 0.636. The van der Waals surface area contributed by atoms with Crippen molar-refractivity contribution in [2.75, 3.05) is 42.5 Å². The number of aryl methyl sites for hydroxylation is 1. The van der Waals surface area contributed by atoms with E-state index in [9.17, 15) is 0 Å². The Morgan fingerprint density at radius 2 is 2.29 bits per heavy atom. The van der Waals surface area contributed by atoms with E-state index < -0.39 is 0 Å². The summed E-state index contributed by atoms with van der Waals surface area (Å²) >= 11 is 0. The number of likely N-dealkylation sites (N-methyl/N-ethyl adjacent to an activating group) is 1. The Labute approximate surface area is 103 Å². The molecule has 0 spiro atoms. The molecule has 1 N–H and O–H groups in total. The second-order valence-corrected chi connectivity index (χ2v) is 5.03. The Bertz CT molecular complexity index is 416. The summed E-state index contributed by atoms with van der Waals surface area (Å²) in [6.45, 7) is 10.1. The fourth-order valence-electron chi connectivity index (χ4n) is 3.14. The molecule has 1 atom stereocenters. The minimum Gasteiger partial charge on any atom is -0.368 e. The SMILES string of the molecule is CCN1CC2CNCCN2c2c(C)cccc21. The van der Waals surface area contributed by atoms with E-state index in [1.54, 1.807) is 0 Å². The van der Waals surface area contributed by atoms with Crippen molar-refractivity contribution in [2.24, 2.45) is 0 Å². The molecule has 2 aliphatic rings. The Balaban J connectivity index is 2.08. The van der Waals surface area contributed by atoms with E-state index in [-0.39, 0.29) is 0 Å². The van der Waals surface area contributed by atoms with Gasteiger partial charge in [0, 0.05) is 32.7 Å². The van der Waals surface area contributed by atoms with Crippen LogP contribution in [0.15, 0.2) is 18.2 Å². The highest BCUT2D eigenvalue weighted by atomic mass is 15.3. The zero-order chi connectivity index (χ0) is 11.8. The zero-order valence-electron chi connectivity index (χ0n) is 10.7. The maximum absolute atomic E-state index is 3.51. The van der Waals surface area contributed by atoms with E-state index in [4.69, 9.17) is 0 Å². The molecule has 17 heavy (non-hydrogen) atoms. The monoisotopic (exact) mass is 231 g/mol. The molecule has 3 nitrogen and oxygen atoms in total. The molecular weight excluding hydrogens is 210 g/mol. The van der Waals surface area contributed by atoms with E-state index in [1.807, 2.05) is 0 Å². The van der Waals surface area contributed by atoms with Gasteiger partial charge in [-0.2, -0.15) is 0 Å². The van der Waals surface area contributed by atoms with Crippen LogP contribution in [0.3, 0.4) is 0 Å². The van der Waals surface area contributed by atoms with Gasteiger partial charge in [-0.15, -0.1) is 0 Å². The van der Waals surface area contributed by atoms with E-state index in [1.165, 1.54) is 16.9 Å². The number of fused-ring (bicyclic) bond motifs is 3. The minimum absolute atomic E-state index is 0.636. The summed E-state index contributed by atoms with van der Waals surface area (Å²) in [6, 6.07) is 7.32. The number of anilines is 2. The van der Waals surface area contributed by atoms with Gasteiger partial charge < -0.3 is 15.1 Å². The predicted octanol–water partition coefficient (Wildman–Crippen LogP) is 1.61. The molecule has 1 fully saturated rings. The summed E-state index contributed by atoms with van der Waals surface area (Å²) in [5.74, 6) is 0. The molecule has 0 bridgehead atoms. The van der Waals surface area contributed by atoms with Crippen LogP contribution in [-0.2, 0) is 0 Å². The summed E-state index contributed by atoms with van der Waals surface area (Å²) in [5.41, 5.74) is 4.30. The summed E-state index contributed by atoms with van der Waals surface area (Å²) < 4.78 is 0. The largest absolute Gasteiger partial charge is 0.368 e. The van der Waals surface area contributed by atoms with Gasteiger partial charge in [0.1, 0.15) is 0 Å². The smallest absolute Gasteiger partial charge is 0.0637 e. The van der Waals surface area contributed by atoms with Crippen LogP contribution >= 0.6 is 0 Å². The highest BCUT2D eigenvalue weighted by Crippen LogP contribution is 2.38. The lowest BCUT2D eigenvalue weighted by molar-refractivity contribution is 0.460. The van der Waals surface area contributed by atoms with Gasteiger partial charge in [0.15, 0.2) is 0 Å². The Kier molecular flexibility index (Phi) is 2.71. The van der Waals surface area contributed by atoms with E-state index >= 15 is 0 Å². The zero-order valence-corrected chi connectivity index (χ0v) is 10.7. The third-order valence-electron chi connectivity index (χ3n) is 4.01. The van der Waals surface area contributed by atoms with Crippen LogP contribution in [0.5, 0.6) is 0 Å². The summed E-state index contributed by atoms with van der Waals surface area (Å²) in [4.78, 5) is 5.11. The molecule has 92 valence electrons. The molecule has 3 rings (SSSR count). The van der Waals surface area contributed by atoms with Crippen molar-refractivity contribution in [1.29, 1.82) is 0 Å². The molecule has 0 aliphatic carbocycles. The van der Waals surface area contributed by atoms with Crippen molar-refractivity contribution in [3.8, 4) is 0 Å². The summed E-state index contributed by atoms with van der Waals surface area (Å²) in [7, 11) is 0. The normalized spacial score (nSPS) is 23.3. The van der Waals surface area contributed by atoms with Crippen LogP contribution < -0.4 is 15.1 Å². The summed E-state index contributed by atoms with van der Waals surface area (Å²) in [5, 5.41) is 3.51. The van der Waals surface area contributed by atoms with Crippen LogP contribution in [0, 0.1) is 6.92 Å². The Hall–Kier alpha value is -1.22. The van der Waals surface area contributed by atoms with Crippen LogP contribution in [0.1, 0.15) is 12.5 Å². The molecule has 0 amide bonds. The van der Waals surface area contributed by atoms with Crippen molar-refractivity contribution >= 4 is 11.4 Å². The van der Waals surface area contributed by atoms with E-state index in [0.717, 1.165) is 32.7 Å². The molecule has 1 saturated heterocycles. The lowest BCUT2D eigenvalue weighted by Crippen LogP contribution is -2.59. The molecule has 3 heteroatoms. The molecule has 0 aromatic heterocycles. The molecule has 1 aromatic rings. The highest BCUT2D eigenvalue weighted by Gasteiger charge is 2.32. The maximum atomic E-state index is 3.51. The lowest BCUT2D eigenvalue weighted by atomic mass is 10.0. The fraction of sp³-hybridized carbons (Fsp3) is 0.571. The van der Waals surface area contributed by atoms with Gasteiger partial charge in [-0.05, 0) is 25.5 Å². The lowest BCUT2D eigenvalue weighted by Gasteiger charge is -2.47. The van der Waals surface area contributed by atoms with Crippen LogP contribution in [-0.4, -0.2) is 38.8 Å². The predicted molar refractivity (Wildman–Crippen MR) is 73.1 cm³/mol. The second kappa shape index (κ2) is 4.22. The third-order valence-corrected chi connectivity index (χ3v) is 4.01. The molecule has 2 heterocycles. The van der Waals surface area contributed by atoms with Crippen LogP contribution in [0.25, 0.3) is 0 Å². The molecular formula is C14H21N3. The maximum Gasteiger partial charge on any atom is 0.0637 e. The van der Waals surface area contributed by atoms with Gasteiger partial charge in [-0.3, -0.25) is 0 Å². The molecule has 1 aromatic carbocycles. The molecule has 0 saturated carbocycles. The van der Waals surface area contributed by atoms with Crippen LogP contribution in [0.4, 0.5) is 11.4 Å². The third kappa shape index (κ3) is 1.69. The number of para-hydroxylation sites is 1. The second-order valence-electron chi connectivity index (χ2n) is 5.03. The first kappa shape index (κ1) is 10.9. The van der Waals surface area contributed by atoms with Crippen molar-refractivity contribution < 1.29 is 0 Å². The number of nitrogens with one attached hydrogen (secondary N) is 1. The van der Waals surface area contributed by atoms with Crippen molar-refractivity contribution in [3.05, 3.63) is 23.8 Å². The van der Waals surface area contributed by atoms with Gasteiger partial charge in [-0.25, -0.2) is 0 Å². The molecule has 1 unspecified atom stereocenters. The summed E-state index contributed by atoms with van der Waals surface area (Å²) in [6.07, 6.45) is 0. The molecule has 2 aliphatic heterocycles. The number of hydrogen-bond donors (Lipinski definition) is 1. The van der Waals surface area contributed by atoms with Gasteiger partial charge in [0.25, 0.3) is 0 Å². The quantitative estimate of drug-likeness (QED) is 0.792. The van der Waals surface area contributed by atoms with Gasteiger partial charge in [0.05, 0.1) is 17.4 Å². The Morgan fingerprint density at radius 3 is 3.12 bits per heavy atom. The van der Waals surface area contributed by atoms with E-state index in [0.29, 0.717) is 6.04 Å². The Morgan fingerprint density at radius 1 is 1.41 bits per heavy atom. The molecule has 0 radical (unpaired) electrons. The van der Waals surface area contributed by atoms with Gasteiger partial charge in [-0.1, -0.05) is 12.1 Å². The first-order chi connectivity index (χ1) is 8.31. The van der Waals surface area contributed by atoms with Gasteiger partial charge >= 0.3 is 0 Å². The number of piperazine rings is 1. The average Bonchev–Trinajstić information content (AvgIpc) is 2.38. The topological polar surface area (TPSA) is 18.5 Å². The van der Waals surface area contributed by atoms with Crippen molar-refractivity contribution in [3.63, 3.8) is 0 Å². The number of rotatable bonds is 1. The highest BCUT2D eigenvalue weighted by molar-refractivity contribution is 5.77. The standard InChI is InChI=1S/C14H21N3/c1-3-16-10-12-9-15-7-8-17(12)14-11(2)5-4-6-13(14)16/h4-6,12,15H,3,7-10H2,1-2H3. The fourth-order valence-corrected chi connectivity index (χ4v) is 3.14. The van der Waals surface area contributed by atoms with Crippen LogP contribution in [0.2, 0.25) is 0 Å². The first-order valence-corrected chi connectivity index (χ1v) is 6.63. The first-order valence-electron chi connectivity index (χ1n) is 6.63. The van der Waals surface area contributed by atoms with E-state index in [2.05, 4.69) is 47.2 Å². The van der Waals surface area contributed by atoms with Crippen molar-refractivity contribution in [2.45, 2.75) is 19.9 Å². The number of hydrogen-bond acceptors (Lipinski definition) is 3. The number of nitrogens with zero attached hydrogens (tertiary/aromatic N) is 2. The van der Waals surface area contributed by atoms with Crippen molar-refractivity contribution in [1.82, 2.24) is 5.32 Å². The number of benzene rings is 1.